The Bertz CT molecular complexity index is 497. The van der Waals surface area contributed by atoms with Gasteiger partial charge in [-0.05, 0) is 18.6 Å². The summed E-state index contributed by atoms with van der Waals surface area (Å²) in [5.74, 6) is 0.0900. The molecule has 1 fully saturated rings. The Morgan fingerprint density at radius 1 is 1.35 bits per heavy atom. The third kappa shape index (κ3) is 5.80. The second kappa shape index (κ2) is 10.6. The van der Waals surface area contributed by atoms with Gasteiger partial charge in [0, 0.05) is 38.3 Å². The molecule has 0 aliphatic carbocycles. The summed E-state index contributed by atoms with van der Waals surface area (Å²) in [4.78, 5) is 13.2. The number of phenolic OH excluding ortho intramolecular Hbond substituents is 1. The SMILES string of the molecule is CCCC[C@H](c1cc(O)ccc1[N+](=O)[O-])N1CCNCC1.Cl.Cl. The van der Waals surface area contributed by atoms with Crippen LogP contribution in [0.1, 0.15) is 37.8 Å². The predicted octanol–water partition coefficient (Wildman–Crippen LogP) is 3.28. The van der Waals surface area contributed by atoms with Gasteiger partial charge in [0.25, 0.3) is 5.69 Å². The lowest BCUT2D eigenvalue weighted by Gasteiger charge is -2.35. The molecule has 1 aromatic rings. The van der Waals surface area contributed by atoms with Crippen molar-refractivity contribution < 1.29 is 10.0 Å². The van der Waals surface area contributed by atoms with Gasteiger partial charge in [-0.25, -0.2) is 0 Å². The van der Waals surface area contributed by atoms with Gasteiger partial charge in [-0.1, -0.05) is 19.8 Å². The summed E-state index contributed by atoms with van der Waals surface area (Å²) >= 11 is 0. The first-order valence-electron chi connectivity index (χ1n) is 7.55. The average Bonchev–Trinajstić information content (AvgIpc) is 2.48. The third-order valence-corrected chi connectivity index (χ3v) is 3.99. The molecule has 2 N–H and O–H groups in total. The first-order valence-corrected chi connectivity index (χ1v) is 7.55. The lowest BCUT2D eigenvalue weighted by molar-refractivity contribution is -0.386. The average molecular weight is 366 g/mol. The van der Waals surface area contributed by atoms with E-state index in [1.807, 2.05) is 0 Å². The molecule has 1 aliphatic rings. The first kappa shape index (κ1) is 21.9. The molecule has 0 spiro atoms. The maximum atomic E-state index is 11.3. The molecule has 0 unspecified atom stereocenters. The highest BCUT2D eigenvalue weighted by atomic mass is 35.5. The van der Waals surface area contributed by atoms with Gasteiger partial charge in [0.1, 0.15) is 5.75 Å². The summed E-state index contributed by atoms with van der Waals surface area (Å²) in [5.41, 5.74) is 0.739. The fourth-order valence-corrected chi connectivity index (χ4v) is 2.90. The van der Waals surface area contributed by atoms with Crippen LogP contribution in [0.25, 0.3) is 0 Å². The highest BCUT2D eigenvalue weighted by Crippen LogP contribution is 2.35. The highest BCUT2D eigenvalue weighted by molar-refractivity contribution is 5.85. The number of nitro benzene ring substituents is 1. The standard InChI is InChI=1S/C15H23N3O3.2ClH/c1-2-3-4-14(17-9-7-16-8-10-17)13-11-12(19)5-6-15(13)18(20)21;;/h5-6,11,14,16,19H,2-4,7-10H2,1H3;2*1H/t14-;;/m1../s1. The number of benzene rings is 1. The summed E-state index contributed by atoms with van der Waals surface area (Å²) in [7, 11) is 0. The maximum absolute atomic E-state index is 11.3. The normalized spacial score (nSPS) is 16.0. The van der Waals surface area contributed by atoms with E-state index in [-0.39, 0.29) is 47.2 Å². The van der Waals surface area contributed by atoms with E-state index in [0.29, 0.717) is 5.56 Å². The van der Waals surface area contributed by atoms with Gasteiger partial charge >= 0.3 is 0 Å². The number of nitrogens with zero attached hydrogens (tertiary/aromatic N) is 2. The monoisotopic (exact) mass is 365 g/mol. The summed E-state index contributed by atoms with van der Waals surface area (Å²) in [5, 5.41) is 24.3. The number of phenols is 1. The quantitative estimate of drug-likeness (QED) is 0.597. The molecule has 1 aliphatic heterocycles. The fraction of sp³-hybridized carbons (Fsp3) is 0.600. The van der Waals surface area contributed by atoms with Crippen LogP contribution in [-0.4, -0.2) is 41.1 Å². The van der Waals surface area contributed by atoms with Gasteiger partial charge in [-0.3, -0.25) is 15.0 Å². The molecule has 0 aromatic heterocycles. The Kier molecular flexibility index (Phi) is 10.1. The van der Waals surface area contributed by atoms with Crippen molar-refractivity contribution in [2.75, 3.05) is 26.2 Å². The molecule has 1 heterocycles. The third-order valence-electron chi connectivity index (χ3n) is 3.99. The molecule has 0 saturated carbocycles. The smallest absolute Gasteiger partial charge is 0.274 e. The fourth-order valence-electron chi connectivity index (χ4n) is 2.90. The molecule has 1 atom stereocenters. The molecule has 23 heavy (non-hydrogen) atoms. The Morgan fingerprint density at radius 2 is 2.00 bits per heavy atom. The van der Waals surface area contributed by atoms with Gasteiger partial charge in [0.05, 0.1) is 10.5 Å². The van der Waals surface area contributed by atoms with Crippen LogP contribution in [0.4, 0.5) is 5.69 Å². The predicted molar refractivity (Wildman–Crippen MR) is 96.0 cm³/mol. The second-order valence-electron chi connectivity index (χ2n) is 5.44. The van der Waals surface area contributed by atoms with E-state index in [2.05, 4.69) is 17.1 Å². The van der Waals surface area contributed by atoms with Crippen LogP contribution in [-0.2, 0) is 0 Å². The van der Waals surface area contributed by atoms with Crippen molar-refractivity contribution >= 4 is 30.5 Å². The van der Waals surface area contributed by atoms with Crippen molar-refractivity contribution in [3.8, 4) is 5.75 Å². The van der Waals surface area contributed by atoms with Crippen LogP contribution < -0.4 is 5.32 Å². The largest absolute Gasteiger partial charge is 0.508 e. The number of aromatic hydroxyl groups is 1. The van der Waals surface area contributed by atoms with Crippen molar-refractivity contribution in [1.82, 2.24) is 10.2 Å². The molecule has 2 rings (SSSR count). The molecule has 0 bridgehead atoms. The number of unbranched alkanes of at least 4 members (excludes halogenated alkanes) is 1. The van der Waals surface area contributed by atoms with Crippen molar-refractivity contribution in [3.05, 3.63) is 33.9 Å². The van der Waals surface area contributed by atoms with Crippen molar-refractivity contribution in [2.45, 2.75) is 32.2 Å². The van der Waals surface area contributed by atoms with E-state index in [9.17, 15) is 15.2 Å². The maximum Gasteiger partial charge on any atom is 0.274 e. The molecule has 132 valence electrons. The van der Waals surface area contributed by atoms with Crippen molar-refractivity contribution in [1.29, 1.82) is 0 Å². The topological polar surface area (TPSA) is 78.6 Å². The summed E-state index contributed by atoms with van der Waals surface area (Å²) in [6, 6.07) is 4.35. The Morgan fingerprint density at radius 3 is 2.57 bits per heavy atom. The number of rotatable bonds is 6. The second-order valence-corrected chi connectivity index (χ2v) is 5.44. The van der Waals surface area contributed by atoms with E-state index < -0.39 is 0 Å². The zero-order valence-corrected chi connectivity index (χ0v) is 14.9. The van der Waals surface area contributed by atoms with E-state index in [4.69, 9.17) is 0 Å². The molecule has 0 radical (unpaired) electrons. The zero-order chi connectivity index (χ0) is 15.2. The van der Waals surface area contributed by atoms with Gasteiger partial charge in [0.15, 0.2) is 0 Å². The van der Waals surface area contributed by atoms with E-state index in [1.54, 1.807) is 6.07 Å². The minimum absolute atomic E-state index is 0. The molecule has 1 saturated heterocycles. The van der Waals surface area contributed by atoms with Gasteiger partial charge < -0.3 is 10.4 Å². The number of hydrogen-bond acceptors (Lipinski definition) is 5. The van der Waals surface area contributed by atoms with Crippen molar-refractivity contribution in [2.24, 2.45) is 0 Å². The van der Waals surface area contributed by atoms with E-state index >= 15 is 0 Å². The van der Waals surface area contributed by atoms with E-state index in [1.165, 1.54) is 12.1 Å². The molecule has 6 nitrogen and oxygen atoms in total. The Labute approximate surface area is 149 Å². The van der Waals surface area contributed by atoms with Crippen LogP contribution in [0.5, 0.6) is 5.75 Å². The lowest BCUT2D eigenvalue weighted by atomic mass is 9.97. The van der Waals surface area contributed by atoms with Gasteiger partial charge in [-0.2, -0.15) is 0 Å². The van der Waals surface area contributed by atoms with Gasteiger partial charge in [-0.15, -0.1) is 24.8 Å². The van der Waals surface area contributed by atoms with Crippen LogP contribution in [0.2, 0.25) is 0 Å². The number of hydrogen-bond donors (Lipinski definition) is 2. The number of nitrogens with one attached hydrogen (secondary N) is 1. The van der Waals surface area contributed by atoms with Crippen LogP contribution in [0, 0.1) is 10.1 Å². The Hall–Kier alpha value is -1.08. The summed E-state index contributed by atoms with van der Waals surface area (Å²) in [6.45, 7) is 5.67. The minimum atomic E-state index is -0.351. The molecular weight excluding hydrogens is 341 g/mol. The van der Waals surface area contributed by atoms with Crippen LogP contribution in [0.3, 0.4) is 0 Å². The zero-order valence-electron chi connectivity index (χ0n) is 13.2. The molecule has 1 aromatic carbocycles. The summed E-state index contributed by atoms with van der Waals surface area (Å²) < 4.78 is 0. The lowest BCUT2D eigenvalue weighted by Crippen LogP contribution is -2.45. The van der Waals surface area contributed by atoms with Crippen LogP contribution >= 0.6 is 24.8 Å². The molecule has 8 heteroatoms. The molecular formula is C15H25Cl2N3O3. The summed E-state index contributed by atoms with van der Waals surface area (Å²) in [6.07, 6.45) is 2.94. The number of piperazine rings is 1. The van der Waals surface area contributed by atoms with Gasteiger partial charge in [0.2, 0.25) is 0 Å². The van der Waals surface area contributed by atoms with Crippen molar-refractivity contribution in [3.63, 3.8) is 0 Å². The number of halogens is 2. The first-order chi connectivity index (χ1) is 10.1. The van der Waals surface area contributed by atoms with Crippen LogP contribution in [0.15, 0.2) is 18.2 Å². The number of nitro groups is 1. The molecule has 0 amide bonds. The van der Waals surface area contributed by atoms with E-state index in [0.717, 1.165) is 45.4 Å². The highest BCUT2D eigenvalue weighted by Gasteiger charge is 2.28. The Balaban J connectivity index is 0.00000242. The minimum Gasteiger partial charge on any atom is -0.508 e.